The number of carbonyl (C=O) groups excluding carboxylic acids is 1. The Morgan fingerprint density at radius 2 is 2.41 bits per heavy atom. The van der Waals surface area contributed by atoms with Crippen LogP contribution in [-0.2, 0) is 4.79 Å². The molecular weight excluding hydrogens is 236 g/mol. The molecule has 0 aromatic carbocycles. The minimum absolute atomic E-state index is 0.132. The molecule has 2 rings (SSSR count). The van der Waals surface area contributed by atoms with E-state index in [2.05, 4.69) is 32.8 Å². The number of hydrogen-bond donors (Lipinski definition) is 2. The van der Waals surface area contributed by atoms with Crippen molar-refractivity contribution in [2.24, 2.45) is 0 Å². The monoisotopic (exact) mass is 254 g/mol. The third-order valence-electron chi connectivity index (χ3n) is 2.97. The first-order chi connectivity index (χ1) is 8.20. The van der Waals surface area contributed by atoms with Crippen molar-refractivity contribution in [3.8, 4) is 0 Å². The van der Waals surface area contributed by atoms with Crippen molar-refractivity contribution in [2.75, 3.05) is 31.6 Å². The molecule has 1 amide bonds. The minimum atomic E-state index is 0.132. The van der Waals surface area contributed by atoms with Gasteiger partial charge in [0.25, 0.3) is 0 Å². The molecule has 1 aliphatic heterocycles. The fourth-order valence-corrected chi connectivity index (χ4v) is 2.70. The molecule has 94 valence electrons. The number of carbonyl (C=O) groups is 1. The number of nitrogens with one attached hydrogen (secondary N) is 2. The smallest absolute Gasteiger partial charge is 0.221 e. The van der Waals surface area contributed by atoms with Gasteiger partial charge in [0, 0.05) is 37.5 Å². The van der Waals surface area contributed by atoms with Crippen LogP contribution in [-0.4, -0.2) is 37.6 Å². The Kier molecular flexibility index (Phi) is 3.96. The van der Waals surface area contributed by atoms with Gasteiger partial charge in [-0.25, -0.2) is 4.98 Å². The Labute approximate surface area is 105 Å². The van der Waals surface area contributed by atoms with E-state index < -0.39 is 0 Å². The Balaban J connectivity index is 2.06. The number of amides is 1. The summed E-state index contributed by atoms with van der Waals surface area (Å²) in [5, 5.41) is 9.14. The van der Waals surface area contributed by atoms with E-state index in [1.807, 2.05) is 7.05 Å². The molecule has 1 aromatic rings. The van der Waals surface area contributed by atoms with Gasteiger partial charge in [-0.1, -0.05) is 0 Å². The highest BCUT2D eigenvalue weighted by atomic mass is 32.1. The zero-order valence-corrected chi connectivity index (χ0v) is 11.0. The van der Waals surface area contributed by atoms with Crippen LogP contribution in [0.2, 0.25) is 0 Å². The van der Waals surface area contributed by atoms with E-state index in [-0.39, 0.29) is 11.9 Å². The molecule has 2 N–H and O–H groups in total. The zero-order chi connectivity index (χ0) is 12.3. The molecule has 0 aliphatic carbocycles. The summed E-state index contributed by atoms with van der Waals surface area (Å²) in [6.07, 6.45) is 0.552. The average molecular weight is 254 g/mol. The fourth-order valence-electron chi connectivity index (χ4n) is 1.73. The molecule has 6 heteroatoms. The van der Waals surface area contributed by atoms with E-state index in [4.69, 9.17) is 0 Å². The Morgan fingerprint density at radius 1 is 1.59 bits per heavy atom. The van der Waals surface area contributed by atoms with Crippen molar-refractivity contribution in [1.82, 2.24) is 15.6 Å². The summed E-state index contributed by atoms with van der Waals surface area (Å²) in [7, 11) is 1.93. The van der Waals surface area contributed by atoms with E-state index in [9.17, 15) is 4.79 Å². The average Bonchev–Trinajstić information content (AvgIpc) is 2.72. The largest absolute Gasteiger partial charge is 0.354 e. The van der Waals surface area contributed by atoms with E-state index in [1.165, 1.54) is 0 Å². The predicted octanol–water partition coefficient (Wildman–Crippen LogP) is 0.750. The van der Waals surface area contributed by atoms with Crippen molar-refractivity contribution in [3.05, 3.63) is 11.1 Å². The van der Waals surface area contributed by atoms with Crippen LogP contribution in [0.4, 0.5) is 5.13 Å². The van der Waals surface area contributed by atoms with Gasteiger partial charge in [-0.2, -0.15) is 0 Å². The van der Waals surface area contributed by atoms with Gasteiger partial charge < -0.3 is 15.5 Å². The van der Waals surface area contributed by atoms with Crippen molar-refractivity contribution in [1.29, 1.82) is 0 Å². The second kappa shape index (κ2) is 5.46. The Hall–Kier alpha value is -1.14. The number of nitrogens with zero attached hydrogens (tertiary/aromatic N) is 2. The lowest BCUT2D eigenvalue weighted by atomic mass is 10.3. The Bertz CT molecular complexity index is 393. The molecule has 1 unspecified atom stereocenters. The van der Waals surface area contributed by atoms with Gasteiger partial charge in [-0.3, -0.25) is 4.79 Å². The topological polar surface area (TPSA) is 57.3 Å². The highest BCUT2D eigenvalue weighted by Crippen LogP contribution is 2.24. The molecule has 0 saturated carbocycles. The van der Waals surface area contributed by atoms with E-state index in [0.717, 1.165) is 23.9 Å². The molecule has 1 aromatic heterocycles. The lowest BCUT2D eigenvalue weighted by molar-refractivity contribution is -0.120. The fraction of sp³-hybridized carbons (Fsp3) is 0.636. The minimum Gasteiger partial charge on any atom is -0.354 e. The van der Waals surface area contributed by atoms with E-state index in [1.54, 1.807) is 11.3 Å². The second-order valence-electron chi connectivity index (χ2n) is 4.15. The number of anilines is 1. The molecule has 17 heavy (non-hydrogen) atoms. The number of rotatable bonds is 3. The van der Waals surface area contributed by atoms with Gasteiger partial charge in [0.1, 0.15) is 0 Å². The summed E-state index contributed by atoms with van der Waals surface area (Å²) in [6.45, 7) is 4.39. The summed E-state index contributed by atoms with van der Waals surface area (Å²) in [6, 6.07) is 0.270. The summed E-state index contributed by atoms with van der Waals surface area (Å²) in [4.78, 5) is 18.0. The van der Waals surface area contributed by atoms with Crippen LogP contribution in [0, 0.1) is 0 Å². The third-order valence-corrected chi connectivity index (χ3v) is 3.89. The molecule has 0 spiro atoms. The van der Waals surface area contributed by atoms with E-state index >= 15 is 0 Å². The van der Waals surface area contributed by atoms with Crippen molar-refractivity contribution in [2.45, 2.75) is 19.4 Å². The number of hydrogen-bond acceptors (Lipinski definition) is 5. The first kappa shape index (κ1) is 12.3. The molecule has 2 heterocycles. The maximum absolute atomic E-state index is 11.3. The summed E-state index contributed by atoms with van der Waals surface area (Å²) in [5.41, 5.74) is 1.07. The molecule has 1 fully saturated rings. The van der Waals surface area contributed by atoms with Crippen LogP contribution in [0.1, 0.15) is 25.1 Å². The summed E-state index contributed by atoms with van der Waals surface area (Å²) >= 11 is 1.65. The van der Waals surface area contributed by atoms with Crippen molar-refractivity contribution >= 4 is 22.4 Å². The van der Waals surface area contributed by atoms with Crippen LogP contribution in [0.3, 0.4) is 0 Å². The van der Waals surface area contributed by atoms with Gasteiger partial charge in [0.15, 0.2) is 5.13 Å². The molecule has 1 saturated heterocycles. The summed E-state index contributed by atoms with van der Waals surface area (Å²) in [5.74, 6) is 0.132. The maximum atomic E-state index is 11.3. The van der Waals surface area contributed by atoms with E-state index in [0.29, 0.717) is 13.0 Å². The molecule has 1 atom stereocenters. The molecule has 1 aliphatic rings. The predicted molar refractivity (Wildman–Crippen MR) is 69.4 cm³/mol. The molecule has 0 bridgehead atoms. The van der Waals surface area contributed by atoms with Crippen LogP contribution in [0.15, 0.2) is 5.38 Å². The second-order valence-corrected chi connectivity index (χ2v) is 4.99. The van der Waals surface area contributed by atoms with Gasteiger partial charge in [-0.05, 0) is 14.0 Å². The molecular formula is C11H18N4OS. The normalized spacial score (nSPS) is 18.7. The Morgan fingerprint density at radius 3 is 3.18 bits per heavy atom. The molecule has 0 radical (unpaired) electrons. The number of thiazole rings is 1. The zero-order valence-electron chi connectivity index (χ0n) is 10.2. The standard InChI is InChI=1S/C11H18N4OS/c1-8(12-2)9-7-17-11(14-9)15-5-3-10(16)13-4-6-15/h7-8,12H,3-6H2,1-2H3,(H,13,16). The SMILES string of the molecule is CNC(C)c1csc(N2CCNC(=O)CC2)n1. The van der Waals surface area contributed by atoms with Crippen LogP contribution in [0.5, 0.6) is 0 Å². The van der Waals surface area contributed by atoms with Crippen LogP contribution in [0.25, 0.3) is 0 Å². The van der Waals surface area contributed by atoms with Gasteiger partial charge in [0.2, 0.25) is 5.91 Å². The van der Waals surface area contributed by atoms with Crippen molar-refractivity contribution < 1.29 is 4.79 Å². The van der Waals surface area contributed by atoms with Crippen LogP contribution < -0.4 is 15.5 Å². The first-order valence-electron chi connectivity index (χ1n) is 5.85. The maximum Gasteiger partial charge on any atom is 0.221 e. The van der Waals surface area contributed by atoms with Gasteiger partial charge >= 0.3 is 0 Å². The highest BCUT2D eigenvalue weighted by Gasteiger charge is 2.17. The number of aromatic nitrogens is 1. The van der Waals surface area contributed by atoms with Gasteiger partial charge in [0.05, 0.1) is 5.69 Å². The first-order valence-corrected chi connectivity index (χ1v) is 6.73. The highest BCUT2D eigenvalue weighted by molar-refractivity contribution is 7.13. The molecule has 5 nitrogen and oxygen atoms in total. The summed E-state index contributed by atoms with van der Waals surface area (Å²) < 4.78 is 0. The quantitative estimate of drug-likeness (QED) is 0.836. The lowest BCUT2D eigenvalue weighted by Crippen LogP contribution is -2.28. The van der Waals surface area contributed by atoms with Crippen LogP contribution >= 0.6 is 11.3 Å². The third kappa shape index (κ3) is 2.95. The van der Waals surface area contributed by atoms with Gasteiger partial charge in [-0.15, -0.1) is 11.3 Å². The lowest BCUT2D eigenvalue weighted by Gasteiger charge is -2.17. The van der Waals surface area contributed by atoms with Crippen molar-refractivity contribution in [3.63, 3.8) is 0 Å².